The van der Waals surface area contributed by atoms with Crippen LogP contribution in [0.25, 0.3) is 0 Å². The average molecular weight is 224 g/mol. The van der Waals surface area contributed by atoms with E-state index in [-0.39, 0.29) is 0 Å². The van der Waals surface area contributed by atoms with Crippen molar-refractivity contribution < 1.29 is 4.74 Å². The van der Waals surface area contributed by atoms with Gasteiger partial charge in [0.1, 0.15) is 0 Å². The summed E-state index contributed by atoms with van der Waals surface area (Å²) >= 11 is 0. The lowest BCUT2D eigenvalue weighted by atomic mass is 9.79. The minimum absolute atomic E-state index is 0.394. The summed E-state index contributed by atoms with van der Waals surface area (Å²) in [6.07, 6.45) is 8.30. The second-order valence-corrected chi connectivity index (χ2v) is 5.18. The van der Waals surface area contributed by atoms with Crippen LogP contribution < -0.4 is 5.32 Å². The van der Waals surface area contributed by atoms with E-state index in [0.29, 0.717) is 5.41 Å². The molecule has 0 aromatic heterocycles. The molecular formula is C13H24N2O. The molecule has 2 rings (SSSR count). The molecular weight excluding hydrogens is 200 g/mol. The number of piperidine rings is 1. The molecule has 1 saturated heterocycles. The van der Waals surface area contributed by atoms with Crippen molar-refractivity contribution in [2.24, 2.45) is 5.41 Å². The van der Waals surface area contributed by atoms with Crippen LogP contribution in [0.1, 0.15) is 19.3 Å². The smallest absolute Gasteiger partial charge is 0.0531 e. The molecule has 0 aliphatic carbocycles. The third-order valence-electron chi connectivity index (χ3n) is 3.82. The van der Waals surface area contributed by atoms with Crippen molar-refractivity contribution in [3.05, 3.63) is 12.2 Å². The van der Waals surface area contributed by atoms with E-state index in [4.69, 9.17) is 4.74 Å². The van der Waals surface area contributed by atoms with Gasteiger partial charge in [-0.2, -0.15) is 0 Å². The van der Waals surface area contributed by atoms with Crippen LogP contribution in [-0.4, -0.2) is 51.3 Å². The van der Waals surface area contributed by atoms with Gasteiger partial charge in [0.15, 0.2) is 0 Å². The second-order valence-electron chi connectivity index (χ2n) is 5.18. The Bertz CT molecular complexity index is 229. The predicted molar refractivity (Wildman–Crippen MR) is 66.6 cm³/mol. The Kier molecular flexibility index (Phi) is 4.38. The highest BCUT2D eigenvalue weighted by molar-refractivity contribution is 4.94. The van der Waals surface area contributed by atoms with Gasteiger partial charge in [-0.05, 0) is 32.4 Å². The number of hydrogen-bond donors (Lipinski definition) is 1. The van der Waals surface area contributed by atoms with Crippen LogP contribution in [0.15, 0.2) is 12.2 Å². The molecule has 0 amide bonds. The van der Waals surface area contributed by atoms with E-state index in [9.17, 15) is 0 Å². The number of nitrogens with one attached hydrogen (secondary N) is 1. The minimum atomic E-state index is 0.394. The van der Waals surface area contributed by atoms with Gasteiger partial charge in [0.2, 0.25) is 0 Å². The summed E-state index contributed by atoms with van der Waals surface area (Å²) in [5, 5.41) is 3.45. The van der Waals surface area contributed by atoms with Gasteiger partial charge in [-0.25, -0.2) is 0 Å². The van der Waals surface area contributed by atoms with Crippen LogP contribution >= 0.6 is 0 Å². The van der Waals surface area contributed by atoms with Crippen LogP contribution in [0, 0.1) is 5.41 Å². The molecule has 0 bridgehead atoms. The first-order valence-electron chi connectivity index (χ1n) is 6.42. The van der Waals surface area contributed by atoms with E-state index in [2.05, 4.69) is 22.4 Å². The third kappa shape index (κ3) is 3.06. The SMILES string of the molecule is COCC1(CN2CC=CCC2)CCNCC1. The average Bonchev–Trinajstić information content (AvgIpc) is 2.31. The summed E-state index contributed by atoms with van der Waals surface area (Å²) in [5.74, 6) is 0. The van der Waals surface area contributed by atoms with Crippen molar-refractivity contribution in [2.75, 3.05) is 46.4 Å². The Morgan fingerprint density at radius 2 is 2.12 bits per heavy atom. The number of hydrogen-bond acceptors (Lipinski definition) is 3. The van der Waals surface area contributed by atoms with Crippen LogP contribution in [0.4, 0.5) is 0 Å². The fourth-order valence-corrected chi connectivity index (χ4v) is 2.92. The highest BCUT2D eigenvalue weighted by atomic mass is 16.5. The first kappa shape index (κ1) is 12.1. The highest BCUT2D eigenvalue weighted by Crippen LogP contribution is 2.30. The lowest BCUT2D eigenvalue weighted by Crippen LogP contribution is -2.47. The molecule has 0 saturated carbocycles. The standard InChI is InChI=1S/C13H24N2O/c1-16-12-13(5-7-14-8-6-13)11-15-9-3-2-4-10-15/h2-3,14H,4-12H2,1H3. The zero-order valence-electron chi connectivity index (χ0n) is 10.4. The second kappa shape index (κ2) is 5.80. The van der Waals surface area contributed by atoms with E-state index in [0.717, 1.165) is 26.2 Å². The quantitative estimate of drug-likeness (QED) is 0.728. The van der Waals surface area contributed by atoms with E-state index in [1.165, 1.54) is 32.4 Å². The molecule has 3 nitrogen and oxygen atoms in total. The molecule has 16 heavy (non-hydrogen) atoms. The van der Waals surface area contributed by atoms with Gasteiger partial charge in [-0.1, -0.05) is 12.2 Å². The first-order chi connectivity index (χ1) is 7.85. The Balaban J connectivity index is 1.92. The first-order valence-corrected chi connectivity index (χ1v) is 6.42. The Labute approximate surface area is 98.8 Å². The maximum absolute atomic E-state index is 5.45. The molecule has 2 aliphatic heterocycles. The maximum Gasteiger partial charge on any atom is 0.0531 e. The Hall–Kier alpha value is -0.380. The van der Waals surface area contributed by atoms with Crippen molar-refractivity contribution in [2.45, 2.75) is 19.3 Å². The van der Waals surface area contributed by atoms with Gasteiger partial charge >= 0.3 is 0 Å². The van der Waals surface area contributed by atoms with Crippen LogP contribution in [0.2, 0.25) is 0 Å². The lowest BCUT2D eigenvalue weighted by Gasteiger charge is -2.41. The number of rotatable bonds is 4. The molecule has 0 radical (unpaired) electrons. The molecule has 2 heterocycles. The lowest BCUT2D eigenvalue weighted by molar-refractivity contribution is 0.0246. The summed E-state index contributed by atoms with van der Waals surface area (Å²) in [5.41, 5.74) is 0.394. The Morgan fingerprint density at radius 3 is 2.75 bits per heavy atom. The molecule has 1 N–H and O–H groups in total. The zero-order chi connectivity index (χ0) is 11.3. The fraction of sp³-hybridized carbons (Fsp3) is 0.846. The van der Waals surface area contributed by atoms with Gasteiger partial charge in [-0.15, -0.1) is 0 Å². The predicted octanol–water partition coefficient (Wildman–Crippen LogP) is 1.26. The molecule has 0 aromatic rings. The minimum Gasteiger partial charge on any atom is -0.384 e. The third-order valence-corrected chi connectivity index (χ3v) is 3.82. The molecule has 0 aromatic carbocycles. The number of nitrogens with zero attached hydrogens (tertiary/aromatic N) is 1. The van der Waals surface area contributed by atoms with Gasteiger partial charge in [-0.3, -0.25) is 4.90 Å². The normalized spacial score (nSPS) is 25.8. The number of methoxy groups -OCH3 is 1. The van der Waals surface area contributed by atoms with Crippen LogP contribution in [0.3, 0.4) is 0 Å². The summed E-state index contributed by atoms with van der Waals surface area (Å²) in [6.45, 7) is 6.75. The molecule has 0 atom stereocenters. The molecule has 3 heteroatoms. The molecule has 2 aliphatic rings. The summed E-state index contributed by atoms with van der Waals surface area (Å²) in [7, 11) is 1.83. The summed E-state index contributed by atoms with van der Waals surface area (Å²) in [4.78, 5) is 2.57. The number of ether oxygens (including phenoxy) is 1. The van der Waals surface area contributed by atoms with Gasteiger partial charge in [0, 0.05) is 32.2 Å². The van der Waals surface area contributed by atoms with Crippen LogP contribution in [-0.2, 0) is 4.74 Å². The van der Waals surface area contributed by atoms with Gasteiger partial charge in [0.05, 0.1) is 6.61 Å². The van der Waals surface area contributed by atoms with Crippen molar-refractivity contribution in [3.8, 4) is 0 Å². The summed E-state index contributed by atoms with van der Waals surface area (Å²) in [6, 6.07) is 0. The van der Waals surface area contributed by atoms with Gasteiger partial charge < -0.3 is 10.1 Å². The van der Waals surface area contributed by atoms with E-state index in [1.807, 2.05) is 7.11 Å². The summed E-state index contributed by atoms with van der Waals surface area (Å²) < 4.78 is 5.45. The highest BCUT2D eigenvalue weighted by Gasteiger charge is 2.33. The monoisotopic (exact) mass is 224 g/mol. The van der Waals surface area contributed by atoms with Crippen LogP contribution in [0.5, 0.6) is 0 Å². The maximum atomic E-state index is 5.45. The molecule has 92 valence electrons. The Morgan fingerprint density at radius 1 is 1.31 bits per heavy atom. The van der Waals surface area contributed by atoms with Gasteiger partial charge in [0.25, 0.3) is 0 Å². The molecule has 0 unspecified atom stereocenters. The zero-order valence-corrected chi connectivity index (χ0v) is 10.4. The topological polar surface area (TPSA) is 24.5 Å². The molecule has 1 fully saturated rings. The van der Waals surface area contributed by atoms with E-state index >= 15 is 0 Å². The van der Waals surface area contributed by atoms with Crippen molar-refractivity contribution in [3.63, 3.8) is 0 Å². The van der Waals surface area contributed by atoms with E-state index < -0.39 is 0 Å². The van der Waals surface area contributed by atoms with Crippen molar-refractivity contribution in [1.82, 2.24) is 10.2 Å². The van der Waals surface area contributed by atoms with Crippen molar-refractivity contribution in [1.29, 1.82) is 0 Å². The largest absolute Gasteiger partial charge is 0.384 e. The van der Waals surface area contributed by atoms with E-state index in [1.54, 1.807) is 0 Å². The molecule has 0 spiro atoms. The fourth-order valence-electron chi connectivity index (χ4n) is 2.92. The van der Waals surface area contributed by atoms with Crippen molar-refractivity contribution >= 4 is 0 Å².